The number of hydrogen-bond donors (Lipinski definition) is 2. The van der Waals surface area contributed by atoms with E-state index in [4.69, 9.17) is 5.73 Å². The van der Waals surface area contributed by atoms with Gasteiger partial charge in [0.15, 0.2) is 0 Å². The number of carbonyl (C=O) groups is 1. The molecule has 20 heavy (non-hydrogen) atoms. The molecule has 1 rings (SSSR count). The van der Waals surface area contributed by atoms with Crippen molar-refractivity contribution in [2.75, 3.05) is 6.54 Å². The Kier molecular flexibility index (Phi) is 6.21. The summed E-state index contributed by atoms with van der Waals surface area (Å²) in [5.41, 5.74) is 7.95. The lowest BCUT2D eigenvalue weighted by molar-refractivity contribution is -0.142. The average molecular weight is 277 g/mol. The van der Waals surface area contributed by atoms with Crippen molar-refractivity contribution in [3.05, 3.63) is 35.4 Å². The topological polar surface area (TPSA) is 63.3 Å². The number of unbranched alkanes of at least 4 members (excludes halogenated alkanes) is 1. The van der Waals surface area contributed by atoms with Gasteiger partial charge in [-0.05, 0) is 42.3 Å². The molecular formula is C17H27NO2. The first-order chi connectivity index (χ1) is 9.34. The standard InChI is InChI=1S/C17H27NO2/c1-17(2,3)15-9-7-13(8-10-15)12-14(16(19)20)6-4-5-11-18/h7-10,14H,4-6,11-12,18H2,1-3H3,(H,19,20). The van der Waals surface area contributed by atoms with Gasteiger partial charge >= 0.3 is 5.97 Å². The van der Waals surface area contributed by atoms with E-state index in [0.717, 1.165) is 18.4 Å². The van der Waals surface area contributed by atoms with Crippen LogP contribution in [0.2, 0.25) is 0 Å². The third kappa shape index (κ3) is 5.33. The van der Waals surface area contributed by atoms with Gasteiger partial charge in [0.05, 0.1) is 5.92 Å². The van der Waals surface area contributed by atoms with E-state index in [1.54, 1.807) is 0 Å². The zero-order valence-electron chi connectivity index (χ0n) is 12.9. The highest BCUT2D eigenvalue weighted by Crippen LogP contribution is 2.23. The Balaban J connectivity index is 2.67. The van der Waals surface area contributed by atoms with Crippen molar-refractivity contribution in [1.29, 1.82) is 0 Å². The average Bonchev–Trinajstić information content (AvgIpc) is 2.37. The fraction of sp³-hybridized carbons (Fsp3) is 0.588. The van der Waals surface area contributed by atoms with Gasteiger partial charge in [-0.2, -0.15) is 0 Å². The van der Waals surface area contributed by atoms with Crippen LogP contribution >= 0.6 is 0 Å². The van der Waals surface area contributed by atoms with Crippen molar-refractivity contribution in [2.24, 2.45) is 11.7 Å². The van der Waals surface area contributed by atoms with Crippen LogP contribution in [0.3, 0.4) is 0 Å². The Labute approximate surface area is 122 Å². The minimum Gasteiger partial charge on any atom is -0.481 e. The summed E-state index contributed by atoms with van der Waals surface area (Å²) in [6.07, 6.45) is 3.08. The minimum atomic E-state index is -0.707. The van der Waals surface area contributed by atoms with Gasteiger partial charge in [-0.25, -0.2) is 0 Å². The van der Waals surface area contributed by atoms with E-state index in [9.17, 15) is 9.90 Å². The maximum Gasteiger partial charge on any atom is 0.306 e. The summed E-state index contributed by atoms with van der Waals surface area (Å²) in [6.45, 7) is 7.16. The van der Waals surface area contributed by atoms with Crippen LogP contribution in [-0.4, -0.2) is 17.6 Å². The van der Waals surface area contributed by atoms with Crippen molar-refractivity contribution in [3.63, 3.8) is 0 Å². The second-order valence-electron chi connectivity index (χ2n) is 6.47. The summed E-state index contributed by atoms with van der Waals surface area (Å²) >= 11 is 0. The summed E-state index contributed by atoms with van der Waals surface area (Å²) in [5, 5.41) is 9.29. The fourth-order valence-corrected chi connectivity index (χ4v) is 2.27. The van der Waals surface area contributed by atoms with Crippen LogP contribution in [0.25, 0.3) is 0 Å². The molecule has 0 radical (unpaired) electrons. The van der Waals surface area contributed by atoms with Crippen molar-refractivity contribution < 1.29 is 9.90 Å². The summed E-state index contributed by atoms with van der Waals surface area (Å²) in [5.74, 6) is -1.01. The van der Waals surface area contributed by atoms with Crippen LogP contribution in [0.15, 0.2) is 24.3 Å². The molecule has 0 fully saturated rings. The molecule has 3 nitrogen and oxygen atoms in total. The molecular weight excluding hydrogens is 250 g/mol. The van der Waals surface area contributed by atoms with Crippen molar-refractivity contribution in [3.8, 4) is 0 Å². The van der Waals surface area contributed by atoms with Crippen LogP contribution in [0, 0.1) is 5.92 Å². The van der Waals surface area contributed by atoms with E-state index in [1.807, 2.05) is 0 Å². The first kappa shape index (κ1) is 16.7. The van der Waals surface area contributed by atoms with Crippen molar-refractivity contribution >= 4 is 5.97 Å². The Morgan fingerprint density at radius 1 is 1.20 bits per heavy atom. The molecule has 0 amide bonds. The van der Waals surface area contributed by atoms with Crippen LogP contribution in [0.5, 0.6) is 0 Å². The molecule has 3 N–H and O–H groups in total. The Morgan fingerprint density at radius 2 is 1.80 bits per heavy atom. The Morgan fingerprint density at radius 3 is 2.25 bits per heavy atom. The summed E-state index contributed by atoms with van der Waals surface area (Å²) in [7, 11) is 0. The number of rotatable bonds is 7. The number of nitrogens with two attached hydrogens (primary N) is 1. The second-order valence-corrected chi connectivity index (χ2v) is 6.47. The van der Waals surface area contributed by atoms with Gasteiger partial charge in [0.2, 0.25) is 0 Å². The molecule has 1 unspecified atom stereocenters. The molecule has 3 heteroatoms. The third-order valence-electron chi connectivity index (χ3n) is 3.66. The number of carboxylic acid groups (broad SMARTS) is 1. The first-order valence-electron chi connectivity index (χ1n) is 7.37. The second kappa shape index (κ2) is 7.44. The fourth-order valence-electron chi connectivity index (χ4n) is 2.27. The smallest absolute Gasteiger partial charge is 0.306 e. The highest BCUT2D eigenvalue weighted by molar-refractivity contribution is 5.70. The molecule has 0 aliphatic heterocycles. The number of carboxylic acids is 1. The number of benzene rings is 1. The van der Waals surface area contributed by atoms with Gasteiger partial charge in [0.25, 0.3) is 0 Å². The maximum absolute atomic E-state index is 11.3. The molecule has 0 aliphatic carbocycles. The lowest BCUT2D eigenvalue weighted by Crippen LogP contribution is -2.17. The van der Waals surface area contributed by atoms with Gasteiger partial charge < -0.3 is 10.8 Å². The molecule has 0 saturated heterocycles. The van der Waals surface area contributed by atoms with E-state index in [2.05, 4.69) is 45.0 Å². The normalized spacial score (nSPS) is 13.2. The predicted molar refractivity (Wildman–Crippen MR) is 82.9 cm³/mol. The summed E-state index contributed by atoms with van der Waals surface area (Å²) in [6, 6.07) is 8.32. The molecule has 0 aromatic heterocycles. The van der Waals surface area contributed by atoms with Gasteiger partial charge in [-0.3, -0.25) is 4.79 Å². The first-order valence-corrected chi connectivity index (χ1v) is 7.37. The number of aliphatic carboxylic acids is 1. The molecule has 112 valence electrons. The third-order valence-corrected chi connectivity index (χ3v) is 3.66. The van der Waals surface area contributed by atoms with E-state index in [-0.39, 0.29) is 11.3 Å². The molecule has 1 aromatic rings. The van der Waals surface area contributed by atoms with Crippen molar-refractivity contribution in [2.45, 2.75) is 51.9 Å². The largest absolute Gasteiger partial charge is 0.481 e. The molecule has 0 heterocycles. The lowest BCUT2D eigenvalue weighted by atomic mass is 9.85. The predicted octanol–water partition coefficient (Wildman–Crippen LogP) is 3.36. The molecule has 0 saturated carbocycles. The van der Waals surface area contributed by atoms with E-state index < -0.39 is 5.97 Å². The van der Waals surface area contributed by atoms with Gasteiger partial charge in [-0.1, -0.05) is 51.5 Å². The zero-order chi connectivity index (χ0) is 15.2. The molecule has 0 bridgehead atoms. The molecule has 1 aromatic carbocycles. The lowest BCUT2D eigenvalue weighted by Gasteiger charge is -2.19. The Hall–Kier alpha value is -1.35. The van der Waals surface area contributed by atoms with Crippen LogP contribution in [0.1, 0.15) is 51.2 Å². The highest BCUT2D eigenvalue weighted by Gasteiger charge is 2.18. The highest BCUT2D eigenvalue weighted by atomic mass is 16.4. The maximum atomic E-state index is 11.3. The van der Waals surface area contributed by atoms with Crippen LogP contribution < -0.4 is 5.73 Å². The Bertz CT molecular complexity index is 418. The van der Waals surface area contributed by atoms with Gasteiger partial charge in [0, 0.05) is 0 Å². The SMILES string of the molecule is CC(C)(C)c1ccc(CC(CCCCN)C(=O)O)cc1. The molecule has 1 atom stereocenters. The van der Waals surface area contributed by atoms with Crippen LogP contribution in [-0.2, 0) is 16.6 Å². The molecule has 0 spiro atoms. The zero-order valence-corrected chi connectivity index (χ0v) is 12.9. The monoisotopic (exact) mass is 277 g/mol. The van der Waals surface area contributed by atoms with Crippen molar-refractivity contribution in [1.82, 2.24) is 0 Å². The summed E-state index contributed by atoms with van der Waals surface area (Å²) in [4.78, 5) is 11.3. The summed E-state index contributed by atoms with van der Waals surface area (Å²) < 4.78 is 0. The van der Waals surface area contributed by atoms with E-state index in [1.165, 1.54) is 5.56 Å². The quantitative estimate of drug-likeness (QED) is 0.751. The van der Waals surface area contributed by atoms with E-state index >= 15 is 0 Å². The molecule has 0 aliphatic rings. The van der Waals surface area contributed by atoms with Crippen LogP contribution in [0.4, 0.5) is 0 Å². The van der Waals surface area contributed by atoms with Gasteiger partial charge in [-0.15, -0.1) is 0 Å². The van der Waals surface area contributed by atoms with Gasteiger partial charge in [0.1, 0.15) is 0 Å². The van der Waals surface area contributed by atoms with E-state index in [0.29, 0.717) is 19.4 Å². The minimum absolute atomic E-state index is 0.131. The number of hydrogen-bond acceptors (Lipinski definition) is 2.